The predicted octanol–water partition coefficient (Wildman–Crippen LogP) is 2.93. The van der Waals surface area contributed by atoms with Gasteiger partial charge in [-0.15, -0.1) is 0 Å². The van der Waals surface area contributed by atoms with Crippen molar-refractivity contribution in [3.05, 3.63) is 59.9 Å². The van der Waals surface area contributed by atoms with Crippen molar-refractivity contribution in [2.75, 3.05) is 7.11 Å². The molecule has 3 heteroatoms. The van der Waals surface area contributed by atoms with Crippen LogP contribution in [0.2, 0.25) is 0 Å². The van der Waals surface area contributed by atoms with Gasteiger partial charge in [-0.2, -0.15) is 0 Å². The highest BCUT2D eigenvalue weighted by atomic mass is 16.5. The molecule has 3 nitrogen and oxygen atoms in total. The van der Waals surface area contributed by atoms with E-state index in [4.69, 9.17) is 4.74 Å². The molecule has 94 valence electrons. The number of pyridine rings is 1. The van der Waals surface area contributed by atoms with Gasteiger partial charge in [0.05, 0.1) is 13.2 Å². The van der Waals surface area contributed by atoms with E-state index >= 15 is 0 Å². The van der Waals surface area contributed by atoms with E-state index in [1.54, 1.807) is 19.5 Å². The van der Waals surface area contributed by atoms with Crippen molar-refractivity contribution in [2.45, 2.75) is 18.9 Å². The number of rotatable bonds is 4. The molecule has 0 aliphatic heterocycles. The molecule has 2 rings (SSSR count). The molecule has 0 amide bonds. The maximum absolute atomic E-state index is 10.5. The second kappa shape index (κ2) is 5.65. The largest absolute Gasteiger partial charge is 0.496 e. The summed E-state index contributed by atoms with van der Waals surface area (Å²) in [5, 5.41) is 10.5. The first-order valence-electron chi connectivity index (χ1n) is 5.95. The Bertz CT molecular complexity index is 499. The van der Waals surface area contributed by atoms with Gasteiger partial charge < -0.3 is 9.84 Å². The zero-order valence-electron chi connectivity index (χ0n) is 10.6. The number of aromatic nitrogens is 1. The fourth-order valence-corrected chi connectivity index (χ4v) is 2.03. The molecule has 1 aromatic heterocycles. The fourth-order valence-electron chi connectivity index (χ4n) is 2.03. The van der Waals surface area contributed by atoms with Crippen molar-refractivity contribution >= 4 is 0 Å². The maximum Gasteiger partial charge on any atom is 0.124 e. The van der Waals surface area contributed by atoms with E-state index in [2.05, 4.69) is 4.98 Å². The standard InChI is InChI=1S/C15H17NO2/c1-11(12-7-9-16-10-8-12)15(17)13-5-3-4-6-14(13)18-2/h3-11,15,17H,1-2H3. The number of hydrogen-bond donors (Lipinski definition) is 1. The fraction of sp³-hybridized carbons (Fsp3) is 0.267. The molecular formula is C15H17NO2. The van der Waals surface area contributed by atoms with Crippen molar-refractivity contribution < 1.29 is 9.84 Å². The molecule has 0 bridgehead atoms. The summed E-state index contributed by atoms with van der Waals surface area (Å²) in [5.41, 5.74) is 1.87. The number of para-hydroxylation sites is 1. The monoisotopic (exact) mass is 243 g/mol. The van der Waals surface area contributed by atoms with Crippen LogP contribution in [-0.2, 0) is 0 Å². The van der Waals surface area contributed by atoms with Gasteiger partial charge in [-0.05, 0) is 23.8 Å². The normalized spacial score (nSPS) is 13.9. The van der Waals surface area contributed by atoms with Gasteiger partial charge in [0.15, 0.2) is 0 Å². The third kappa shape index (κ3) is 2.51. The number of aliphatic hydroxyl groups is 1. The molecule has 0 aliphatic carbocycles. The molecule has 18 heavy (non-hydrogen) atoms. The van der Waals surface area contributed by atoms with Crippen LogP contribution in [0.15, 0.2) is 48.8 Å². The van der Waals surface area contributed by atoms with E-state index in [-0.39, 0.29) is 5.92 Å². The zero-order chi connectivity index (χ0) is 13.0. The lowest BCUT2D eigenvalue weighted by Crippen LogP contribution is -2.09. The van der Waals surface area contributed by atoms with Crippen LogP contribution < -0.4 is 4.74 Å². The summed E-state index contributed by atoms with van der Waals surface area (Å²) in [4.78, 5) is 3.99. The summed E-state index contributed by atoms with van der Waals surface area (Å²) in [6.07, 6.45) is 2.88. The lowest BCUT2D eigenvalue weighted by atomic mass is 9.91. The number of methoxy groups -OCH3 is 1. The Morgan fingerprint density at radius 3 is 2.44 bits per heavy atom. The average molecular weight is 243 g/mol. The Morgan fingerprint density at radius 1 is 1.11 bits per heavy atom. The van der Waals surface area contributed by atoms with Crippen molar-refractivity contribution in [1.82, 2.24) is 4.98 Å². The Balaban J connectivity index is 2.28. The minimum Gasteiger partial charge on any atom is -0.496 e. The van der Waals surface area contributed by atoms with Gasteiger partial charge in [0.1, 0.15) is 5.75 Å². The molecular weight excluding hydrogens is 226 g/mol. The van der Waals surface area contributed by atoms with E-state index in [9.17, 15) is 5.11 Å². The van der Waals surface area contributed by atoms with Crippen LogP contribution in [-0.4, -0.2) is 17.2 Å². The second-order valence-electron chi connectivity index (χ2n) is 4.26. The average Bonchev–Trinajstić information content (AvgIpc) is 2.46. The van der Waals surface area contributed by atoms with Gasteiger partial charge in [-0.1, -0.05) is 25.1 Å². The van der Waals surface area contributed by atoms with E-state index in [1.165, 1.54) is 0 Å². The molecule has 0 spiro atoms. The zero-order valence-corrected chi connectivity index (χ0v) is 10.6. The number of aliphatic hydroxyl groups excluding tert-OH is 1. The Labute approximate surface area is 107 Å². The van der Waals surface area contributed by atoms with Crippen LogP contribution >= 0.6 is 0 Å². The number of hydrogen-bond acceptors (Lipinski definition) is 3. The van der Waals surface area contributed by atoms with Crippen LogP contribution in [0.4, 0.5) is 0 Å². The quantitative estimate of drug-likeness (QED) is 0.897. The summed E-state index contributed by atoms with van der Waals surface area (Å²) in [7, 11) is 1.61. The molecule has 1 N–H and O–H groups in total. The van der Waals surface area contributed by atoms with Crippen molar-refractivity contribution in [3.8, 4) is 5.75 Å². The Morgan fingerprint density at radius 2 is 1.78 bits per heavy atom. The molecule has 1 heterocycles. The first-order valence-corrected chi connectivity index (χ1v) is 5.95. The summed E-state index contributed by atoms with van der Waals surface area (Å²) in [6.45, 7) is 1.99. The minimum absolute atomic E-state index is 0.00991. The van der Waals surface area contributed by atoms with Crippen LogP contribution in [0, 0.1) is 0 Å². The summed E-state index contributed by atoms with van der Waals surface area (Å²) >= 11 is 0. The highest BCUT2D eigenvalue weighted by molar-refractivity contribution is 5.37. The first kappa shape index (κ1) is 12.6. The number of nitrogens with zero attached hydrogens (tertiary/aromatic N) is 1. The molecule has 2 atom stereocenters. The maximum atomic E-state index is 10.5. The first-order chi connectivity index (χ1) is 8.74. The van der Waals surface area contributed by atoms with E-state index in [0.29, 0.717) is 5.75 Å². The summed E-state index contributed by atoms with van der Waals surface area (Å²) < 4.78 is 5.28. The van der Waals surface area contributed by atoms with Gasteiger partial charge in [-0.3, -0.25) is 4.98 Å². The Kier molecular flexibility index (Phi) is 3.95. The van der Waals surface area contributed by atoms with Crippen molar-refractivity contribution in [3.63, 3.8) is 0 Å². The molecule has 0 saturated carbocycles. The lowest BCUT2D eigenvalue weighted by molar-refractivity contribution is 0.148. The molecule has 0 fully saturated rings. The smallest absolute Gasteiger partial charge is 0.124 e. The highest BCUT2D eigenvalue weighted by Crippen LogP contribution is 2.34. The van der Waals surface area contributed by atoms with Crippen LogP contribution in [0.3, 0.4) is 0 Å². The Hall–Kier alpha value is -1.87. The van der Waals surface area contributed by atoms with Crippen LogP contribution in [0.25, 0.3) is 0 Å². The van der Waals surface area contributed by atoms with E-state index in [1.807, 2.05) is 43.3 Å². The van der Waals surface area contributed by atoms with Crippen LogP contribution in [0.5, 0.6) is 5.75 Å². The predicted molar refractivity (Wildman–Crippen MR) is 70.6 cm³/mol. The van der Waals surface area contributed by atoms with Gasteiger partial charge in [0, 0.05) is 23.9 Å². The van der Waals surface area contributed by atoms with E-state index < -0.39 is 6.10 Å². The topological polar surface area (TPSA) is 42.4 Å². The number of ether oxygens (including phenoxy) is 1. The van der Waals surface area contributed by atoms with Gasteiger partial charge in [0.25, 0.3) is 0 Å². The van der Waals surface area contributed by atoms with Gasteiger partial charge in [0.2, 0.25) is 0 Å². The van der Waals surface area contributed by atoms with E-state index in [0.717, 1.165) is 11.1 Å². The lowest BCUT2D eigenvalue weighted by Gasteiger charge is -2.21. The summed E-state index contributed by atoms with van der Waals surface area (Å²) in [5.74, 6) is 0.704. The number of benzene rings is 1. The molecule has 0 saturated heterocycles. The second-order valence-corrected chi connectivity index (χ2v) is 4.26. The van der Waals surface area contributed by atoms with Gasteiger partial charge >= 0.3 is 0 Å². The molecule has 2 unspecified atom stereocenters. The van der Waals surface area contributed by atoms with Crippen molar-refractivity contribution in [1.29, 1.82) is 0 Å². The summed E-state index contributed by atoms with van der Waals surface area (Å²) in [6, 6.07) is 11.4. The molecule has 2 aromatic rings. The third-order valence-electron chi connectivity index (χ3n) is 3.16. The minimum atomic E-state index is -0.594. The van der Waals surface area contributed by atoms with Crippen LogP contribution in [0.1, 0.15) is 30.1 Å². The third-order valence-corrected chi connectivity index (χ3v) is 3.16. The SMILES string of the molecule is COc1ccccc1C(O)C(C)c1ccncc1. The van der Waals surface area contributed by atoms with Gasteiger partial charge in [-0.25, -0.2) is 0 Å². The molecule has 0 radical (unpaired) electrons. The molecule has 0 aliphatic rings. The highest BCUT2D eigenvalue weighted by Gasteiger charge is 2.20. The van der Waals surface area contributed by atoms with Crippen molar-refractivity contribution in [2.24, 2.45) is 0 Å². The molecule has 1 aromatic carbocycles.